The van der Waals surface area contributed by atoms with Gasteiger partial charge in [-0.15, -0.1) is 0 Å². The van der Waals surface area contributed by atoms with Gasteiger partial charge in [-0.2, -0.15) is 0 Å². The number of para-hydroxylation sites is 1. The minimum absolute atomic E-state index is 0.157. The molecule has 1 aliphatic carbocycles. The molecule has 2 N–H and O–H groups in total. The first-order chi connectivity index (χ1) is 13.5. The van der Waals surface area contributed by atoms with Gasteiger partial charge in [-0.05, 0) is 49.9 Å². The Hall–Kier alpha value is -2.76. The zero-order chi connectivity index (χ0) is 19.9. The van der Waals surface area contributed by atoms with E-state index in [-0.39, 0.29) is 11.9 Å². The van der Waals surface area contributed by atoms with Gasteiger partial charge in [-0.25, -0.2) is 4.79 Å². The minimum atomic E-state index is -0.847. The summed E-state index contributed by atoms with van der Waals surface area (Å²) in [6, 6.07) is 10.9. The van der Waals surface area contributed by atoms with Crippen molar-refractivity contribution in [2.45, 2.75) is 58.2 Å². The summed E-state index contributed by atoms with van der Waals surface area (Å²) in [6.45, 7) is 4.22. The molecule has 1 amide bonds. The Morgan fingerprint density at radius 3 is 2.71 bits per heavy atom. The van der Waals surface area contributed by atoms with Crippen molar-refractivity contribution in [2.75, 3.05) is 5.32 Å². The molecule has 1 aliphatic rings. The molecule has 2 aromatic rings. The first-order valence-corrected chi connectivity index (χ1v) is 9.91. The third-order valence-electron chi connectivity index (χ3n) is 5.27. The van der Waals surface area contributed by atoms with Crippen LogP contribution in [0.2, 0.25) is 0 Å². The fourth-order valence-electron chi connectivity index (χ4n) is 3.52. The van der Waals surface area contributed by atoms with Gasteiger partial charge in [0.05, 0.1) is 18.4 Å². The molecule has 1 saturated carbocycles. The van der Waals surface area contributed by atoms with Gasteiger partial charge in [0.1, 0.15) is 5.76 Å². The molecule has 3 atom stereocenters. The Balaban J connectivity index is 1.58. The van der Waals surface area contributed by atoms with Crippen LogP contribution in [0.15, 0.2) is 47.1 Å². The normalized spacial score (nSPS) is 20.2. The van der Waals surface area contributed by atoms with Crippen molar-refractivity contribution in [3.8, 4) is 0 Å². The highest BCUT2D eigenvalue weighted by Crippen LogP contribution is 2.24. The van der Waals surface area contributed by atoms with Crippen molar-refractivity contribution < 1.29 is 18.7 Å². The molecule has 1 fully saturated rings. The lowest BCUT2D eigenvalue weighted by molar-refractivity contribution is -0.130. The molecule has 0 radical (unpaired) electrons. The zero-order valence-electron chi connectivity index (χ0n) is 16.4. The van der Waals surface area contributed by atoms with Gasteiger partial charge in [0.2, 0.25) is 0 Å². The average molecular weight is 384 g/mol. The first-order valence-electron chi connectivity index (χ1n) is 9.91. The van der Waals surface area contributed by atoms with E-state index in [2.05, 4.69) is 17.6 Å². The van der Waals surface area contributed by atoms with Crippen LogP contribution in [0.4, 0.5) is 5.69 Å². The number of ether oxygens (including phenoxy) is 1. The van der Waals surface area contributed by atoms with Crippen LogP contribution in [-0.4, -0.2) is 24.0 Å². The molecule has 0 bridgehead atoms. The molecule has 6 nitrogen and oxygen atoms in total. The Bertz CT molecular complexity index is 788. The molecule has 0 saturated heterocycles. The Morgan fingerprint density at radius 1 is 1.18 bits per heavy atom. The van der Waals surface area contributed by atoms with Crippen molar-refractivity contribution >= 4 is 17.6 Å². The summed E-state index contributed by atoms with van der Waals surface area (Å²) in [4.78, 5) is 25.1. The SMILES string of the molecule is CC(OC(=O)c1ccccc1NCc1ccco1)C(=O)NC1CCCCC1C. The number of nitrogens with one attached hydrogen (secondary N) is 2. The van der Waals surface area contributed by atoms with Gasteiger partial charge < -0.3 is 19.8 Å². The summed E-state index contributed by atoms with van der Waals surface area (Å²) < 4.78 is 10.7. The molecule has 28 heavy (non-hydrogen) atoms. The predicted octanol–water partition coefficient (Wildman–Crippen LogP) is 4.13. The Kier molecular flexibility index (Phi) is 6.74. The minimum Gasteiger partial charge on any atom is -0.467 e. The highest BCUT2D eigenvalue weighted by molar-refractivity contribution is 5.97. The molecule has 0 spiro atoms. The van der Waals surface area contributed by atoms with Crippen molar-refractivity contribution in [2.24, 2.45) is 5.92 Å². The van der Waals surface area contributed by atoms with E-state index in [1.165, 1.54) is 6.42 Å². The largest absolute Gasteiger partial charge is 0.467 e. The Morgan fingerprint density at radius 2 is 1.96 bits per heavy atom. The summed E-state index contributed by atoms with van der Waals surface area (Å²) >= 11 is 0. The maximum atomic E-state index is 12.6. The van der Waals surface area contributed by atoms with Gasteiger partial charge in [-0.3, -0.25) is 4.79 Å². The maximum absolute atomic E-state index is 12.6. The van der Waals surface area contributed by atoms with E-state index in [0.717, 1.165) is 25.0 Å². The number of furan rings is 1. The van der Waals surface area contributed by atoms with Crippen LogP contribution in [0.1, 0.15) is 55.6 Å². The number of benzene rings is 1. The molecule has 1 aromatic carbocycles. The molecule has 3 unspecified atom stereocenters. The number of hydrogen-bond donors (Lipinski definition) is 2. The number of rotatable bonds is 7. The lowest BCUT2D eigenvalue weighted by atomic mass is 9.86. The standard InChI is InChI=1S/C22H28N2O4/c1-15-8-3-5-11-19(15)24-21(25)16(2)28-22(26)18-10-4-6-12-20(18)23-14-17-9-7-13-27-17/h4,6-7,9-10,12-13,15-16,19,23H,3,5,8,11,14H2,1-2H3,(H,24,25). The summed E-state index contributed by atoms with van der Waals surface area (Å²) in [5.41, 5.74) is 1.03. The van der Waals surface area contributed by atoms with E-state index in [1.807, 2.05) is 18.2 Å². The van der Waals surface area contributed by atoms with E-state index < -0.39 is 12.1 Å². The second-order valence-corrected chi connectivity index (χ2v) is 7.40. The monoisotopic (exact) mass is 384 g/mol. The smallest absolute Gasteiger partial charge is 0.341 e. The highest BCUT2D eigenvalue weighted by Gasteiger charge is 2.27. The third kappa shape index (κ3) is 5.15. The fourth-order valence-corrected chi connectivity index (χ4v) is 3.52. The van der Waals surface area contributed by atoms with Gasteiger partial charge >= 0.3 is 5.97 Å². The Labute approximate surface area is 165 Å². The second-order valence-electron chi connectivity index (χ2n) is 7.40. The summed E-state index contributed by atoms with van der Waals surface area (Å²) in [7, 11) is 0. The number of hydrogen-bond acceptors (Lipinski definition) is 5. The molecule has 3 rings (SSSR count). The zero-order valence-corrected chi connectivity index (χ0v) is 16.4. The summed E-state index contributed by atoms with van der Waals surface area (Å²) in [6.07, 6.45) is 5.18. The van der Waals surface area contributed by atoms with E-state index in [4.69, 9.17) is 9.15 Å². The number of carbonyl (C=O) groups excluding carboxylic acids is 2. The van der Waals surface area contributed by atoms with Gasteiger partial charge in [-0.1, -0.05) is 31.9 Å². The lowest BCUT2D eigenvalue weighted by Crippen LogP contribution is -2.46. The number of carbonyl (C=O) groups is 2. The average Bonchev–Trinajstić information content (AvgIpc) is 3.22. The summed E-state index contributed by atoms with van der Waals surface area (Å²) in [5.74, 6) is 0.444. The van der Waals surface area contributed by atoms with Crippen LogP contribution in [0, 0.1) is 5.92 Å². The van der Waals surface area contributed by atoms with Crippen LogP contribution >= 0.6 is 0 Å². The maximum Gasteiger partial charge on any atom is 0.341 e. The van der Waals surface area contributed by atoms with E-state index in [1.54, 1.807) is 31.4 Å². The highest BCUT2D eigenvalue weighted by atomic mass is 16.5. The van der Waals surface area contributed by atoms with Crippen molar-refractivity contribution in [1.29, 1.82) is 0 Å². The van der Waals surface area contributed by atoms with Gasteiger partial charge in [0, 0.05) is 11.7 Å². The van der Waals surface area contributed by atoms with E-state index in [9.17, 15) is 9.59 Å². The fraction of sp³-hybridized carbons (Fsp3) is 0.455. The predicted molar refractivity (Wildman–Crippen MR) is 107 cm³/mol. The van der Waals surface area contributed by atoms with Crippen molar-refractivity contribution in [1.82, 2.24) is 5.32 Å². The first kappa shape index (κ1) is 20.0. The molecular weight excluding hydrogens is 356 g/mol. The van der Waals surface area contributed by atoms with Gasteiger partial charge in [0.15, 0.2) is 6.10 Å². The van der Waals surface area contributed by atoms with Crippen LogP contribution < -0.4 is 10.6 Å². The van der Waals surface area contributed by atoms with Gasteiger partial charge in [0.25, 0.3) is 5.91 Å². The quantitative estimate of drug-likeness (QED) is 0.702. The second kappa shape index (κ2) is 9.44. The van der Waals surface area contributed by atoms with Crippen LogP contribution in [0.25, 0.3) is 0 Å². The molecule has 1 heterocycles. The summed E-state index contributed by atoms with van der Waals surface area (Å²) in [5, 5.41) is 6.21. The number of amides is 1. The molecule has 1 aromatic heterocycles. The van der Waals surface area contributed by atoms with Crippen LogP contribution in [-0.2, 0) is 16.1 Å². The third-order valence-corrected chi connectivity index (χ3v) is 5.27. The van der Waals surface area contributed by atoms with E-state index in [0.29, 0.717) is 23.7 Å². The molecule has 150 valence electrons. The lowest BCUT2D eigenvalue weighted by Gasteiger charge is -2.30. The van der Waals surface area contributed by atoms with Crippen LogP contribution in [0.3, 0.4) is 0 Å². The topological polar surface area (TPSA) is 80.6 Å². The molecule has 6 heteroatoms. The van der Waals surface area contributed by atoms with Crippen molar-refractivity contribution in [3.05, 3.63) is 54.0 Å². The molecule has 0 aliphatic heterocycles. The van der Waals surface area contributed by atoms with E-state index >= 15 is 0 Å². The van der Waals surface area contributed by atoms with Crippen molar-refractivity contribution in [3.63, 3.8) is 0 Å². The molecular formula is C22H28N2O4. The number of anilines is 1. The number of esters is 1. The van der Waals surface area contributed by atoms with Crippen LogP contribution in [0.5, 0.6) is 0 Å².